The van der Waals surface area contributed by atoms with Crippen LogP contribution in [-0.4, -0.2) is 33.0 Å². The summed E-state index contributed by atoms with van der Waals surface area (Å²) in [6.07, 6.45) is 0. The highest BCUT2D eigenvalue weighted by Gasteiger charge is 2.36. The molecule has 0 saturated heterocycles. The molecule has 0 spiro atoms. The smallest absolute Gasteiger partial charge is 0.207 e. The molecule has 3 rings (SSSR count). The lowest BCUT2D eigenvalue weighted by atomic mass is 9.88. The largest absolute Gasteiger partial charge is 0.361 e. The second-order valence-electron chi connectivity index (χ2n) is 9.88. The molecule has 3 aromatic rings. The molecule has 0 saturated carbocycles. The highest BCUT2D eigenvalue weighted by molar-refractivity contribution is 6.79. The monoisotopic (exact) mass is 405 g/mol. The van der Waals surface area contributed by atoms with E-state index < -0.39 is 8.07 Å². The van der Waals surface area contributed by atoms with Crippen LogP contribution in [0.1, 0.15) is 52.9 Å². The van der Waals surface area contributed by atoms with E-state index in [1.165, 1.54) is 0 Å². The topological polar surface area (TPSA) is 69.1 Å². The Hall–Kier alpha value is -1.73. The second-order valence-corrected chi connectivity index (χ2v) is 15.9. The van der Waals surface area contributed by atoms with E-state index in [0.717, 1.165) is 17.4 Å². The van der Waals surface area contributed by atoms with Crippen LogP contribution in [0.25, 0.3) is 17.2 Å². The quantitative estimate of drug-likeness (QED) is 0.551. The van der Waals surface area contributed by atoms with Crippen LogP contribution in [0.4, 0.5) is 0 Å². The summed E-state index contributed by atoms with van der Waals surface area (Å²) in [5.41, 5.74) is 2.09. The van der Waals surface area contributed by atoms with E-state index in [1.807, 2.05) is 12.1 Å². The van der Waals surface area contributed by atoms with Gasteiger partial charge in [-0.05, 0) is 16.5 Å². The van der Waals surface area contributed by atoms with Gasteiger partial charge in [0, 0.05) is 17.7 Å². The molecule has 8 heteroatoms. The highest BCUT2D eigenvalue weighted by Crippen LogP contribution is 2.38. The van der Waals surface area contributed by atoms with E-state index in [4.69, 9.17) is 16.1 Å². The van der Waals surface area contributed by atoms with Gasteiger partial charge in [0.1, 0.15) is 5.76 Å². The fourth-order valence-corrected chi connectivity index (χ4v) is 4.68. The zero-order valence-corrected chi connectivity index (χ0v) is 19.1. The van der Waals surface area contributed by atoms with E-state index in [-0.39, 0.29) is 10.5 Å². The maximum Gasteiger partial charge on any atom is 0.207 e. The third kappa shape index (κ3) is 3.80. The number of hydrogen-bond donors (Lipinski definition) is 0. The molecule has 0 aliphatic heterocycles. The minimum Gasteiger partial charge on any atom is -0.361 e. The van der Waals surface area contributed by atoms with Crippen LogP contribution in [0.15, 0.2) is 16.7 Å². The minimum absolute atomic E-state index is 0.123. The standard InChI is InChI=1S/C19H28ClN5OSi/c1-18(2,3)13-10-15-21-22-17(25(15)23-16(13)20)14-9-12(26-24-14)11-27(7,8)19(4,5)6/h9-10H,11H2,1-8H3. The maximum absolute atomic E-state index is 6.42. The molecule has 0 amide bonds. The molecular formula is C19H28ClN5OSi. The van der Waals surface area contributed by atoms with E-state index in [2.05, 4.69) is 75.1 Å². The lowest BCUT2D eigenvalue weighted by Gasteiger charge is -2.36. The van der Waals surface area contributed by atoms with Crippen LogP contribution in [0, 0.1) is 0 Å². The van der Waals surface area contributed by atoms with E-state index in [0.29, 0.717) is 22.3 Å². The Kier molecular flexibility index (Phi) is 4.75. The maximum atomic E-state index is 6.42. The van der Waals surface area contributed by atoms with Crippen LogP contribution in [0.3, 0.4) is 0 Å². The predicted octanol–water partition coefficient (Wildman–Crippen LogP) is 5.32. The Bertz CT molecular complexity index is 978. The Morgan fingerprint density at radius 2 is 1.74 bits per heavy atom. The average Bonchev–Trinajstić information content (AvgIpc) is 3.09. The summed E-state index contributed by atoms with van der Waals surface area (Å²) in [4.78, 5) is 0. The van der Waals surface area contributed by atoms with E-state index in [1.54, 1.807) is 4.52 Å². The second kappa shape index (κ2) is 6.41. The van der Waals surface area contributed by atoms with Crippen molar-refractivity contribution in [2.24, 2.45) is 0 Å². The van der Waals surface area contributed by atoms with E-state index >= 15 is 0 Å². The SMILES string of the molecule is CC(C)(C)c1cc2nnc(-c3cc(C[Si](C)(C)C(C)(C)C)on3)n2nc1Cl. The summed E-state index contributed by atoms with van der Waals surface area (Å²) < 4.78 is 7.25. The van der Waals surface area contributed by atoms with Crippen molar-refractivity contribution in [1.82, 2.24) is 25.0 Å². The van der Waals surface area contributed by atoms with Crippen LogP contribution >= 0.6 is 11.6 Å². The predicted molar refractivity (Wildman–Crippen MR) is 111 cm³/mol. The normalized spacial score (nSPS) is 13.5. The molecule has 0 unspecified atom stereocenters. The number of hydrogen-bond acceptors (Lipinski definition) is 5. The summed E-state index contributed by atoms with van der Waals surface area (Å²) in [6, 6.07) is 4.80. The first-order valence-electron chi connectivity index (χ1n) is 9.18. The van der Waals surface area contributed by atoms with Crippen molar-refractivity contribution in [3.8, 4) is 11.5 Å². The van der Waals surface area contributed by atoms with Gasteiger partial charge in [0.25, 0.3) is 0 Å². The van der Waals surface area contributed by atoms with Gasteiger partial charge in [-0.2, -0.15) is 9.61 Å². The lowest BCUT2D eigenvalue weighted by Crippen LogP contribution is -2.39. The summed E-state index contributed by atoms with van der Waals surface area (Å²) in [5, 5.41) is 17.9. The average molecular weight is 406 g/mol. The van der Waals surface area contributed by atoms with Gasteiger partial charge < -0.3 is 4.52 Å². The highest BCUT2D eigenvalue weighted by atomic mass is 35.5. The molecule has 0 atom stereocenters. The van der Waals surface area contributed by atoms with Crippen LogP contribution in [0.2, 0.25) is 23.3 Å². The van der Waals surface area contributed by atoms with Gasteiger partial charge in [0.2, 0.25) is 5.82 Å². The van der Waals surface area contributed by atoms with Crippen molar-refractivity contribution in [1.29, 1.82) is 0 Å². The third-order valence-electron chi connectivity index (χ3n) is 5.59. The number of rotatable bonds is 3. The fraction of sp³-hybridized carbons (Fsp3) is 0.579. The molecule has 3 heterocycles. The van der Waals surface area contributed by atoms with Crippen LogP contribution < -0.4 is 0 Å². The number of nitrogens with zero attached hydrogens (tertiary/aromatic N) is 5. The van der Waals surface area contributed by atoms with Gasteiger partial charge in [-0.25, -0.2) is 0 Å². The van der Waals surface area contributed by atoms with Gasteiger partial charge in [-0.1, -0.05) is 71.4 Å². The Balaban J connectivity index is 1.98. The third-order valence-corrected chi connectivity index (χ3v) is 11.2. The number of halogens is 1. The Labute approximate surface area is 166 Å². The van der Waals surface area contributed by atoms with Gasteiger partial charge in [-0.3, -0.25) is 0 Å². The van der Waals surface area contributed by atoms with Gasteiger partial charge >= 0.3 is 0 Å². The van der Waals surface area contributed by atoms with Crippen molar-refractivity contribution in [2.75, 3.05) is 0 Å². The summed E-state index contributed by atoms with van der Waals surface area (Å²) in [7, 11) is -1.52. The zero-order chi connectivity index (χ0) is 20.2. The first kappa shape index (κ1) is 20.0. The summed E-state index contributed by atoms with van der Waals surface area (Å²) in [6.45, 7) is 17.9. The van der Waals surface area contributed by atoms with Gasteiger partial charge in [-0.15, -0.1) is 10.2 Å². The number of aromatic nitrogens is 5. The zero-order valence-electron chi connectivity index (χ0n) is 17.4. The minimum atomic E-state index is -1.52. The fourth-order valence-electron chi connectivity index (χ4n) is 2.70. The molecule has 146 valence electrons. The van der Waals surface area contributed by atoms with E-state index in [9.17, 15) is 0 Å². The van der Waals surface area contributed by atoms with Crippen molar-refractivity contribution in [3.05, 3.63) is 28.6 Å². The van der Waals surface area contributed by atoms with Crippen LogP contribution in [-0.2, 0) is 11.5 Å². The van der Waals surface area contributed by atoms with Crippen molar-refractivity contribution in [3.63, 3.8) is 0 Å². The number of fused-ring (bicyclic) bond motifs is 1. The van der Waals surface area contributed by atoms with Crippen molar-refractivity contribution in [2.45, 2.75) is 71.1 Å². The van der Waals surface area contributed by atoms with Crippen molar-refractivity contribution >= 4 is 25.3 Å². The molecule has 0 aliphatic carbocycles. The lowest BCUT2D eigenvalue weighted by molar-refractivity contribution is 0.393. The molecule has 3 aromatic heterocycles. The van der Waals surface area contributed by atoms with Crippen molar-refractivity contribution < 1.29 is 4.52 Å². The molecular weight excluding hydrogens is 378 g/mol. The summed E-state index contributed by atoms with van der Waals surface area (Å²) in [5.74, 6) is 1.42. The first-order chi connectivity index (χ1) is 12.3. The molecule has 6 nitrogen and oxygen atoms in total. The molecule has 0 N–H and O–H groups in total. The molecule has 27 heavy (non-hydrogen) atoms. The Morgan fingerprint density at radius 3 is 2.33 bits per heavy atom. The summed E-state index contributed by atoms with van der Waals surface area (Å²) >= 11 is 6.42. The molecule has 0 aliphatic rings. The van der Waals surface area contributed by atoms with Gasteiger partial charge in [0.15, 0.2) is 16.5 Å². The molecule has 0 fully saturated rings. The first-order valence-corrected chi connectivity index (χ1v) is 12.8. The Morgan fingerprint density at radius 1 is 1.07 bits per heavy atom. The molecule has 0 aromatic carbocycles. The molecule has 0 radical (unpaired) electrons. The van der Waals surface area contributed by atoms with Gasteiger partial charge in [0.05, 0.1) is 8.07 Å². The molecule has 0 bridgehead atoms. The van der Waals surface area contributed by atoms with Crippen LogP contribution in [0.5, 0.6) is 0 Å².